The molecular weight excluding hydrogens is 268 g/mol. The summed E-state index contributed by atoms with van der Waals surface area (Å²) in [6, 6.07) is 0.797. The minimum Gasteiger partial charge on any atom is -0.380 e. The third kappa shape index (κ3) is 4.41. The standard InChI is InChI=1S/C16H28N2O3/c1-12(19)18-7-4-14(5-8-18)17-15-11-20-9-6-16(15)21-10-13-2-3-13/h13-17H,2-11H2,1H3/t15-,16+/m1/s1. The second-order valence-corrected chi connectivity index (χ2v) is 6.73. The summed E-state index contributed by atoms with van der Waals surface area (Å²) < 4.78 is 11.7. The lowest BCUT2D eigenvalue weighted by Gasteiger charge is -2.38. The number of hydrogen-bond donors (Lipinski definition) is 1. The Morgan fingerprint density at radius 1 is 1.24 bits per heavy atom. The number of ether oxygens (including phenoxy) is 2. The zero-order valence-corrected chi connectivity index (χ0v) is 13.1. The van der Waals surface area contributed by atoms with Crippen molar-refractivity contribution in [3.8, 4) is 0 Å². The summed E-state index contributed by atoms with van der Waals surface area (Å²) >= 11 is 0. The molecule has 120 valence electrons. The number of carbonyl (C=O) groups excluding carboxylic acids is 1. The van der Waals surface area contributed by atoms with Gasteiger partial charge in [0, 0.05) is 39.3 Å². The molecule has 2 atom stereocenters. The lowest BCUT2D eigenvalue weighted by atomic mass is 10.0. The minimum atomic E-state index is 0.195. The average Bonchev–Trinajstić information content (AvgIpc) is 3.31. The molecule has 2 heterocycles. The molecule has 2 saturated heterocycles. The van der Waals surface area contributed by atoms with E-state index in [1.165, 1.54) is 12.8 Å². The molecule has 0 aromatic carbocycles. The third-order valence-electron chi connectivity index (χ3n) is 4.93. The van der Waals surface area contributed by atoms with Gasteiger partial charge in [0.1, 0.15) is 0 Å². The Morgan fingerprint density at radius 3 is 2.67 bits per heavy atom. The Bertz CT molecular complexity index is 351. The van der Waals surface area contributed by atoms with Gasteiger partial charge >= 0.3 is 0 Å². The van der Waals surface area contributed by atoms with E-state index in [0.29, 0.717) is 18.2 Å². The van der Waals surface area contributed by atoms with Gasteiger partial charge in [0.15, 0.2) is 0 Å². The maximum absolute atomic E-state index is 11.4. The topological polar surface area (TPSA) is 50.8 Å². The van der Waals surface area contributed by atoms with Crippen LogP contribution in [0.15, 0.2) is 0 Å². The van der Waals surface area contributed by atoms with Crippen LogP contribution >= 0.6 is 0 Å². The van der Waals surface area contributed by atoms with Crippen molar-refractivity contribution in [1.29, 1.82) is 0 Å². The molecular formula is C16H28N2O3. The number of likely N-dealkylation sites (tertiary alicyclic amines) is 1. The van der Waals surface area contributed by atoms with Crippen molar-refractivity contribution in [3.05, 3.63) is 0 Å². The van der Waals surface area contributed by atoms with Gasteiger partial charge in [0.05, 0.1) is 18.8 Å². The molecule has 0 radical (unpaired) electrons. The summed E-state index contributed by atoms with van der Waals surface area (Å²) in [5.41, 5.74) is 0. The number of nitrogens with one attached hydrogen (secondary N) is 1. The van der Waals surface area contributed by atoms with Crippen LogP contribution < -0.4 is 5.32 Å². The van der Waals surface area contributed by atoms with Crippen LogP contribution in [-0.2, 0) is 14.3 Å². The summed E-state index contributed by atoms with van der Waals surface area (Å²) in [6.45, 7) is 5.89. The van der Waals surface area contributed by atoms with Crippen LogP contribution in [0.1, 0.15) is 39.0 Å². The number of piperidine rings is 1. The fourth-order valence-electron chi connectivity index (χ4n) is 3.28. The Balaban J connectivity index is 1.44. The van der Waals surface area contributed by atoms with Crippen LogP contribution in [0.25, 0.3) is 0 Å². The lowest BCUT2D eigenvalue weighted by molar-refractivity contribution is -0.130. The predicted molar refractivity (Wildman–Crippen MR) is 80.1 cm³/mol. The molecule has 1 aliphatic carbocycles. The number of rotatable bonds is 5. The van der Waals surface area contributed by atoms with E-state index >= 15 is 0 Å². The molecule has 2 aliphatic heterocycles. The number of nitrogens with zero attached hydrogens (tertiary/aromatic N) is 1. The fourth-order valence-corrected chi connectivity index (χ4v) is 3.28. The first-order valence-corrected chi connectivity index (χ1v) is 8.43. The molecule has 0 spiro atoms. The van der Waals surface area contributed by atoms with Gasteiger partial charge in [0.25, 0.3) is 0 Å². The largest absolute Gasteiger partial charge is 0.380 e. The predicted octanol–water partition coefficient (Wildman–Crippen LogP) is 1.17. The van der Waals surface area contributed by atoms with Gasteiger partial charge in [-0.2, -0.15) is 0 Å². The van der Waals surface area contributed by atoms with Crippen LogP contribution in [-0.4, -0.2) is 61.9 Å². The molecule has 3 aliphatic rings. The van der Waals surface area contributed by atoms with Crippen molar-refractivity contribution >= 4 is 5.91 Å². The summed E-state index contributed by atoms with van der Waals surface area (Å²) in [6.07, 6.45) is 6.04. The summed E-state index contributed by atoms with van der Waals surface area (Å²) in [7, 11) is 0. The molecule has 0 unspecified atom stereocenters. The van der Waals surface area contributed by atoms with Crippen molar-refractivity contribution < 1.29 is 14.3 Å². The molecule has 0 aromatic rings. The van der Waals surface area contributed by atoms with Crippen LogP contribution in [0.5, 0.6) is 0 Å². The normalized spacial score (nSPS) is 31.4. The highest BCUT2D eigenvalue weighted by molar-refractivity contribution is 5.73. The van der Waals surface area contributed by atoms with Gasteiger partial charge in [-0.25, -0.2) is 0 Å². The van der Waals surface area contributed by atoms with Gasteiger partial charge in [-0.1, -0.05) is 0 Å². The van der Waals surface area contributed by atoms with E-state index in [4.69, 9.17) is 9.47 Å². The number of carbonyl (C=O) groups is 1. The van der Waals surface area contributed by atoms with Crippen molar-refractivity contribution in [2.45, 2.75) is 57.2 Å². The zero-order chi connectivity index (χ0) is 14.7. The first-order valence-electron chi connectivity index (χ1n) is 8.43. The smallest absolute Gasteiger partial charge is 0.219 e. The monoisotopic (exact) mass is 296 g/mol. The first-order chi connectivity index (χ1) is 10.2. The highest BCUT2D eigenvalue weighted by Gasteiger charge is 2.32. The maximum Gasteiger partial charge on any atom is 0.219 e. The van der Waals surface area contributed by atoms with E-state index < -0.39 is 0 Å². The maximum atomic E-state index is 11.4. The van der Waals surface area contributed by atoms with E-state index in [1.807, 2.05) is 4.90 Å². The first kappa shape index (κ1) is 15.3. The highest BCUT2D eigenvalue weighted by Crippen LogP contribution is 2.30. The molecule has 1 saturated carbocycles. The fraction of sp³-hybridized carbons (Fsp3) is 0.938. The Hall–Kier alpha value is -0.650. The molecule has 21 heavy (non-hydrogen) atoms. The highest BCUT2D eigenvalue weighted by atomic mass is 16.5. The molecule has 3 rings (SSSR count). The van der Waals surface area contributed by atoms with Crippen molar-refractivity contribution in [1.82, 2.24) is 10.2 Å². The van der Waals surface area contributed by atoms with E-state index in [9.17, 15) is 4.79 Å². The summed E-state index contributed by atoms with van der Waals surface area (Å²) in [5, 5.41) is 3.72. The number of hydrogen-bond acceptors (Lipinski definition) is 4. The van der Waals surface area contributed by atoms with Crippen molar-refractivity contribution in [2.24, 2.45) is 5.92 Å². The van der Waals surface area contributed by atoms with Crippen LogP contribution in [0.3, 0.4) is 0 Å². The minimum absolute atomic E-state index is 0.195. The Kier molecular flexibility index (Phi) is 5.14. The van der Waals surface area contributed by atoms with E-state index in [2.05, 4.69) is 5.32 Å². The molecule has 1 amide bonds. The quantitative estimate of drug-likeness (QED) is 0.827. The van der Waals surface area contributed by atoms with Crippen molar-refractivity contribution in [2.75, 3.05) is 32.9 Å². The van der Waals surface area contributed by atoms with E-state index in [0.717, 1.165) is 58.1 Å². The summed E-state index contributed by atoms with van der Waals surface area (Å²) in [5.74, 6) is 1.01. The second kappa shape index (κ2) is 7.07. The molecule has 1 N–H and O–H groups in total. The summed E-state index contributed by atoms with van der Waals surface area (Å²) in [4.78, 5) is 13.3. The second-order valence-electron chi connectivity index (χ2n) is 6.73. The van der Waals surface area contributed by atoms with E-state index in [1.54, 1.807) is 6.92 Å². The zero-order valence-electron chi connectivity index (χ0n) is 13.1. The van der Waals surface area contributed by atoms with Crippen LogP contribution in [0.2, 0.25) is 0 Å². The third-order valence-corrected chi connectivity index (χ3v) is 4.93. The van der Waals surface area contributed by atoms with Gasteiger partial charge in [-0.15, -0.1) is 0 Å². The van der Waals surface area contributed by atoms with Crippen molar-refractivity contribution in [3.63, 3.8) is 0 Å². The van der Waals surface area contributed by atoms with E-state index in [-0.39, 0.29) is 5.91 Å². The van der Waals surface area contributed by atoms with Gasteiger partial charge in [0.2, 0.25) is 5.91 Å². The van der Waals surface area contributed by atoms with Crippen LogP contribution in [0.4, 0.5) is 0 Å². The molecule has 5 nitrogen and oxygen atoms in total. The molecule has 3 fully saturated rings. The van der Waals surface area contributed by atoms with Gasteiger partial charge < -0.3 is 19.7 Å². The average molecular weight is 296 g/mol. The Labute approximate surface area is 127 Å². The molecule has 0 bridgehead atoms. The lowest BCUT2D eigenvalue weighted by Crippen LogP contribution is -2.54. The Morgan fingerprint density at radius 2 is 2.00 bits per heavy atom. The number of amides is 1. The van der Waals surface area contributed by atoms with Gasteiger partial charge in [-0.05, 0) is 38.0 Å². The SMILES string of the molecule is CC(=O)N1CCC(N[C@@H]2COCC[C@@H]2OCC2CC2)CC1. The molecule has 0 aromatic heterocycles. The van der Waals surface area contributed by atoms with Gasteiger partial charge in [-0.3, -0.25) is 4.79 Å². The molecule has 5 heteroatoms. The van der Waals surface area contributed by atoms with Crippen LogP contribution in [0, 0.1) is 5.92 Å².